The normalized spacial score (nSPS) is 11.0. The Labute approximate surface area is 132 Å². The van der Waals surface area contributed by atoms with E-state index in [9.17, 15) is 9.59 Å². The van der Waals surface area contributed by atoms with Gasteiger partial charge in [0.05, 0.1) is 19.8 Å². The zero-order valence-corrected chi connectivity index (χ0v) is 13.4. The number of ketones is 1. The van der Waals surface area contributed by atoms with Crippen LogP contribution in [0.4, 0.5) is 0 Å². The molecule has 0 bridgehead atoms. The third-order valence-corrected chi connectivity index (χ3v) is 3.84. The molecule has 0 aliphatic carbocycles. The average Bonchev–Trinajstić information content (AvgIpc) is 2.52. The molecule has 0 unspecified atom stereocenters. The predicted molar refractivity (Wildman–Crippen MR) is 87.8 cm³/mol. The minimum atomic E-state index is -0.496. The average molecular weight is 312 g/mol. The number of carbonyl (C=O) groups excluding carboxylic acids is 1. The van der Waals surface area contributed by atoms with Crippen molar-refractivity contribution in [1.29, 1.82) is 0 Å². The van der Waals surface area contributed by atoms with Crippen molar-refractivity contribution in [1.82, 2.24) is 0 Å². The molecule has 0 N–H and O–H groups in total. The van der Waals surface area contributed by atoms with Crippen molar-refractivity contribution in [2.24, 2.45) is 0 Å². The molecule has 3 aromatic rings. The van der Waals surface area contributed by atoms with Gasteiger partial charge in [-0.25, -0.2) is 4.79 Å². The summed E-state index contributed by atoms with van der Waals surface area (Å²) in [5.41, 5.74) is 1.16. The number of Topliss-reactive ketones (excluding diaryl/α,β-unsaturated/α-hetero) is 1. The number of hydrogen-bond acceptors (Lipinski definition) is 5. The first-order valence-electron chi connectivity index (χ1n) is 7.11. The molecule has 2 aromatic carbocycles. The lowest BCUT2D eigenvalue weighted by molar-refractivity contribution is 0.101. The number of methoxy groups -OCH3 is 2. The molecule has 0 saturated heterocycles. The second kappa shape index (κ2) is 5.43. The van der Waals surface area contributed by atoms with E-state index in [1.165, 1.54) is 21.1 Å². The van der Waals surface area contributed by atoms with Gasteiger partial charge in [0.25, 0.3) is 0 Å². The molecule has 1 aromatic heterocycles. The van der Waals surface area contributed by atoms with Crippen molar-refractivity contribution >= 4 is 27.5 Å². The maximum atomic E-state index is 12.4. The van der Waals surface area contributed by atoms with E-state index >= 15 is 0 Å². The molecular formula is C18H16O5. The first-order valence-corrected chi connectivity index (χ1v) is 7.11. The summed E-state index contributed by atoms with van der Waals surface area (Å²) in [5, 5.41) is 1.51. The maximum absolute atomic E-state index is 12.4. The summed E-state index contributed by atoms with van der Waals surface area (Å²) in [6.45, 7) is 3.36. The number of hydrogen-bond donors (Lipinski definition) is 0. The summed E-state index contributed by atoms with van der Waals surface area (Å²) in [4.78, 5) is 24.5. The third kappa shape index (κ3) is 2.25. The van der Waals surface area contributed by atoms with E-state index in [1.54, 1.807) is 18.2 Å². The summed E-state index contributed by atoms with van der Waals surface area (Å²) in [6.07, 6.45) is 0. The standard InChI is InChI=1S/C18H16O5/c1-9-7-11-16-13(6-5-12(21-3)15(16)10(2)19)23-18(20)17(11)14(8-9)22-4/h5-8H,1-4H3. The molecule has 118 valence electrons. The van der Waals surface area contributed by atoms with Gasteiger partial charge in [-0.3, -0.25) is 4.79 Å². The zero-order valence-electron chi connectivity index (χ0n) is 13.4. The minimum Gasteiger partial charge on any atom is -0.496 e. The van der Waals surface area contributed by atoms with Crippen molar-refractivity contribution < 1.29 is 18.7 Å². The molecule has 5 heteroatoms. The molecule has 0 radical (unpaired) electrons. The number of aryl methyl sites for hydroxylation is 1. The fraction of sp³-hybridized carbons (Fsp3) is 0.222. The van der Waals surface area contributed by atoms with E-state index in [1.807, 2.05) is 13.0 Å². The van der Waals surface area contributed by atoms with Crippen molar-refractivity contribution in [3.63, 3.8) is 0 Å². The Balaban J connectivity index is 2.68. The van der Waals surface area contributed by atoms with Gasteiger partial charge in [0.1, 0.15) is 22.5 Å². The Morgan fingerprint density at radius 2 is 1.74 bits per heavy atom. The van der Waals surface area contributed by atoms with E-state index < -0.39 is 5.63 Å². The monoisotopic (exact) mass is 312 g/mol. The van der Waals surface area contributed by atoms with E-state index in [4.69, 9.17) is 13.9 Å². The first kappa shape index (κ1) is 15.1. The third-order valence-electron chi connectivity index (χ3n) is 3.84. The molecule has 0 aliphatic rings. The summed E-state index contributed by atoms with van der Waals surface area (Å²) < 4.78 is 16.0. The maximum Gasteiger partial charge on any atom is 0.347 e. The highest BCUT2D eigenvalue weighted by Crippen LogP contribution is 2.36. The van der Waals surface area contributed by atoms with Gasteiger partial charge in [0.15, 0.2) is 5.78 Å². The lowest BCUT2D eigenvalue weighted by atomic mass is 9.98. The molecule has 1 heterocycles. The van der Waals surface area contributed by atoms with Crippen LogP contribution >= 0.6 is 0 Å². The van der Waals surface area contributed by atoms with Crippen LogP contribution in [0.2, 0.25) is 0 Å². The topological polar surface area (TPSA) is 65.7 Å². The van der Waals surface area contributed by atoms with Gasteiger partial charge in [-0.1, -0.05) is 6.07 Å². The Morgan fingerprint density at radius 3 is 2.35 bits per heavy atom. The van der Waals surface area contributed by atoms with E-state index in [2.05, 4.69) is 0 Å². The summed E-state index contributed by atoms with van der Waals surface area (Å²) in [6, 6.07) is 6.87. The smallest absolute Gasteiger partial charge is 0.347 e. The molecule has 0 amide bonds. The lowest BCUT2D eigenvalue weighted by Crippen LogP contribution is -2.06. The van der Waals surface area contributed by atoms with Gasteiger partial charge in [0.2, 0.25) is 0 Å². The Hall–Kier alpha value is -2.82. The van der Waals surface area contributed by atoms with Crippen molar-refractivity contribution in [2.45, 2.75) is 13.8 Å². The molecule has 0 spiro atoms. The fourth-order valence-electron chi connectivity index (χ4n) is 2.91. The van der Waals surface area contributed by atoms with Crippen molar-refractivity contribution in [3.05, 3.63) is 45.8 Å². The van der Waals surface area contributed by atoms with Crippen LogP contribution in [-0.4, -0.2) is 20.0 Å². The molecule has 0 saturated carbocycles. The number of fused-ring (bicyclic) bond motifs is 3. The van der Waals surface area contributed by atoms with Gasteiger partial charge in [-0.2, -0.15) is 0 Å². The van der Waals surface area contributed by atoms with Crippen LogP contribution in [0.1, 0.15) is 22.8 Å². The quantitative estimate of drug-likeness (QED) is 0.421. The van der Waals surface area contributed by atoms with Crippen molar-refractivity contribution in [3.8, 4) is 11.5 Å². The molecule has 23 heavy (non-hydrogen) atoms. The van der Waals surface area contributed by atoms with Crippen LogP contribution in [-0.2, 0) is 0 Å². The fourth-order valence-corrected chi connectivity index (χ4v) is 2.91. The number of benzene rings is 2. The minimum absolute atomic E-state index is 0.164. The molecular weight excluding hydrogens is 296 g/mol. The van der Waals surface area contributed by atoms with Gasteiger partial charge < -0.3 is 13.9 Å². The Bertz CT molecular complexity index is 998. The second-order valence-corrected chi connectivity index (χ2v) is 5.35. The second-order valence-electron chi connectivity index (χ2n) is 5.35. The molecule has 3 rings (SSSR count). The van der Waals surface area contributed by atoms with Crippen molar-refractivity contribution in [2.75, 3.05) is 14.2 Å². The molecule has 0 aliphatic heterocycles. The number of rotatable bonds is 3. The molecule has 0 fully saturated rings. The highest BCUT2D eigenvalue weighted by Gasteiger charge is 2.20. The van der Waals surface area contributed by atoms with Crippen LogP contribution in [0.25, 0.3) is 21.7 Å². The number of carbonyl (C=O) groups is 1. The molecule has 5 nitrogen and oxygen atoms in total. The first-order chi connectivity index (χ1) is 11.0. The number of ether oxygens (including phenoxy) is 2. The Kier molecular flexibility index (Phi) is 3.56. The highest BCUT2D eigenvalue weighted by atomic mass is 16.5. The zero-order chi connectivity index (χ0) is 16.7. The summed E-state index contributed by atoms with van der Waals surface area (Å²) in [5.74, 6) is 0.705. The van der Waals surface area contributed by atoms with Gasteiger partial charge in [0, 0.05) is 10.8 Å². The SMILES string of the molecule is COc1ccc2oc(=O)c3c(OC)cc(C)cc3c2c1C(C)=O. The van der Waals surface area contributed by atoms with E-state index in [0.29, 0.717) is 38.8 Å². The summed E-state index contributed by atoms with van der Waals surface area (Å²) in [7, 11) is 3.00. The predicted octanol–water partition coefficient (Wildman–Crippen LogP) is 3.47. The van der Waals surface area contributed by atoms with E-state index in [-0.39, 0.29) is 5.78 Å². The van der Waals surface area contributed by atoms with Crippen LogP contribution in [0.5, 0.6) is 11.5 Å². The lowest BCUT2D eigenvalue weighted by Gasteiger charge is -2.13. The Morgan fingerprint density at radius 1 is 1.04 bits per heavy atom. The van der Waals surface area contributed by atoms with Crippen LogP contribution in [0.3, 0.4) is 0 Å². The summed E-state index contributed by atoms with van der Waals surface area (Å²) >= 11 is 0. The van der Waals surface area contributed by atoms with Gasteiger partial charge >= 0.3 is 5.63 Å². The van der Waals surface area contributed by atoms with Gasteiger partial charge in [-0.15, -0.1) is 0 Å². The van der Waals surface area contributed by atoms with Crippen LogP contribution < -0.4 is 15.1 Å². The van der Waals surface area contributed by atoms with Crippen LogP contribution in [0.15, 0.2) is 33.5 Å². The molecule has 0 atom stereocenters. The van der Waals surface area contributed by atoms with Crippen LogP contribution in [0, 0.1) is 6.92 Å². The largest absolute Gasteiger partial charge is 0.496 e. The van der Waals surface area contributed by atoms with E-state index in [0.717, 1.165) is 5.56 Å². The van der Waals surface area contributed by atoms with Gasteiger partial charge in [-0.05, 0) is 37.6 Å². The highest BCUT2D eigenvalue weighted by molar-refractivity contribution is 6.18.